The smallest absolute Gasteiger partial charge is 0.249 e. The molecule has 4 heterocycles. The fourth-order valence-electron chi connectivity index (χ4n) is 12.2. The molecule has 0 radical (unpaired) electrons. The molecule has 9 rings (SSSR count). The van der Waals surface area contributed by atoms with Crippen molar-refractivity contribution in [1.82, 2.24) is 5.32 Å². The van der Waals surface area contributed by atoms with Crippen molar-refractivity contribution in [3.63, 3.8) is 0 Å². The molecule has 4 aromatic rings. The van der Waals surface area contributed by atoms with E-state index in [9.17, 15) is 0 Å². The molecule has 1 spiro atoms. The summed E-state index contributed by atoms with van der Waals surface area (Å²) in [6.07, 6.45) is 23.6. The van der Waals surface area contributed by atoms with Crippen molar-refractivity contribution < 1.29 is 0 Å². The van der Waals surface area contributed by atoms with Gasteiger partial charge in [0.2, 0.25) is 6.71 Å². The molecule has 348 valence electrons. The highest BCUT2D eigenvalue weighted by atomic mass is 15.2. The number of nitrogens with one attached hydrogen (secondary N) is 1. The summed E-state index contributed by atoms with van der Waals surface area (Å²) in [5, 5.41) is 4.25. The van der Waals surface area contributed by atoms with Crippen molar-refractivity contribution in [3.8, 4) is 11.1 Å². The standard InChI is InChI=1S/C63H83BN2/c1-16-24-43(3)31-35-62(15,32-17-2)48-38-51-52-39-47(60(10,11)12)36-49(42-65-61(13,14)63(52)33-22-19-23-34-63)64-53-40-46(59(7,8)9)28-30-55(53)66(56(41-48)57(51)64)54-29-27-45(58(4,5)6)37-50(54)44-25-20-18-21-26-44/h17-18,20-21,25-30,32,36-43,65H,16,19,22-24,31,33-35H2,1-15H3/b32-17+,47-36?,49-42?,52-39+/t43?,62-/m1/s1. The van der Waals surface area contributed by atoms with Crippen LogP contribution in [0.4, 0.5) is 17.1 Å². The zero-order valence-electron chi connectivity index (χ0n) is 43.9. The van der Waals surface area contributed by atoms with Crippen molar-refractivity contribution in [1.29, 1.82) is 0 Å². The summed E-state index contributed by atoms with van der Waals surface area (Å²) >= 11 is 0. The summed E-state index contributed by atoms with van der Waals surface area (Å²) in [7, 11) is 0. The maximum Gasteiger partial charge on any atom is 0.249 e. The minimum Gasteiger partial charge on any atom is -0.386 e. The quantitative estimate of drug-likeness (QED) is 0.133. The second-order valence-corrected chi connectivity index (χ2v) is 24.9. The first-order valence-corrected chi connectivity index (χ1v) is 25.9. The number of anilines is 3. The van der Waals surface area contributed by atoms with Gasteiger partial charge < -0.3 is 10.2 Å². The van der Waals surface area contributed by atoms with Gasteiger partial charge in [0, 0.05) is 33.3 Å². The summed E-state index contributed by atoms with van der Waals surface area (Å²) in [5.74, 6) is 0.677. The van der Waals surface area contributed by atoms with Gasteiger partial charge in [-0.3, -0.25) is 0 Å². The summed E-state index contributed by atoms with van der Waals surface area (Å²) in [5.41, 5.74) is 18.6. The highest BCUT2D eigenvalue weighted by Crippen LogP contribution is 2.57. The fraction of sp³-hybridized carbons (Fsp3) is 0.492. The van der Waals surface area contributed by atoms with Crippen molar-refractivity contribution >= 4 is 40.3 Å². The first-order chi connectivity index (χ1) is 31.0. The fourth-order valence-corrected chi connectivity index (χ4v) is 12.2. The van der Waals surface area contributed by atoms with E-state index < -0.39 is 0 Å². The molecule has 1 saturated carbocycles. The van der Waals surface area contributed by atoms with Gasteiger partial charge in [0.25, 0.3) is 0 Å². The molecular weight excluding hydrogens is 796 g/mol. The van der Waals surface area contributed by atoms with E-state index in [1.807, 2.05) is 0 Å². The van der Waals surface area contributed by atoms with Gasteiger partial charge in [-0.2, -0.15) is 0 Å². The summed E-state index contributed by atoms with van der Waals surface area (Å²) < 4.78 is 0. The van der Waals surface area contributed by atoms with E-state index in [-0.39, 0.29) is 39.3 Å². The van der Waals surface area contributed by atoms with E-state index in [2.05, 4.69) is 223 Å². The Labute approximate surface area is 402 Å². The van der Waals surface area contributed by atoms with Crippen LogP contribution in [0.1, 0.15) is 184 Å². The Morgan fingerprint density at radius 1 is 0.697 bits per heavy atom. The highest BCUT2D eigenvalue weighted by Gasteiger charge is 2.52. The number of nitrogens with zero attached hydrogens (tertiary/aromatic N) is 1. The monoisotopic (exact) mass is 879 g/mol. The van der Waals surface area contributed by atoms with Gasteiger partial charge in [0.1, 0.15) is 0 Å². The van der Waals surface area contributed by atoms with Crippen LogP contribution >= 0.6 is 0 Å². The third-order valence-electron chi connectivity index (χ3n) is 16.6. The topological polar surface area (TPSA) is 15.3 Å². The van der Waals surface area contributed by atoms with E-state index >= 15 is 0 Å². The summed E-state index contributed by atoms with van der Waals surface area (Å²) in [6, 6.07) is 31.5. The van der Waals surface area contributed by atoms with Gasteiger partial charge in [-0.1, -0.05) is 200 Å². The first kappa shape index (κ1) is 48.0. The minimum atomic E-state index is -0.191. The summed E-state index contributed by atoms with van der Waals surface area (Å²) in [4.78, 5) is 2.72. The Bertz CT molecular complexity index is 2570. The van der Waals surface area contributed by atoms with Crippen LogP contribution in [0.2, 0.25) is 0 Å². The lowest BCUT2D eigenvalue weighted by atomic mass is 9.32. The third kappa shape index (κ3) is 8.64. The van der Waals surface area contributed by atoms with Gasteiger partial charge in [0.15, 0.2) is 0 Å². The van der Waals surface area contributed by atoms with E-state index in [0.717, 1.165) is 6.42 Å². The number of fused-ring (bicyclic) bond motifs is 4. The largest absolute Gasteiger partial charge is 0.386 e. The van der Waals surface area contributed by atoms with Gasteiger partial charge in [-0.05, 0) is 149 Å². The molecule has 3 heteroatoms. The van der Waals surface area contributed by atoms with Crippen LogP contribution in [-0.4, -0.2) is 12.3 Å². The Kier molecular flexibility index (Phi) is 12.8. The molecule has 4 aliphatic heterocycles. The molecule has 4 aromatic carbocycles. The number of hydrogen-bond donors (Lipinski definition) is 1. The molecule has 1 N–H and O–H groups in total. The lowest BCUT2D eigenvalue weighted by Gasteiger charge is -2.52. The Morgan fingerprint density at radius 3 is 1.95 bits per heavy atom. The Hall–Kier alpha value is -4.50. The molecule has 2 bridgehead atoms. The predicted molar refractivity (Wildman–Crippen MR) is 291 cm³/mol. The van der Waals surface area contributed by atoms with Crippen LogP contribution in [0.5, 0.6) is 0 Å². The zero-order chi connectivity index (χ0) is 47.6. The van der Waals surface area contributed by atoms with Crippen molar-refractivity contribution in [2.24, 2.45) is 16.7 Å². The molecule has 2 nitrogen and oxygen atoms in total. The maximum atomic E-state index is 4.25. The second-order valence-electron chi connectivity index (χ2n) is 24.9. The molecule has 2 atom stereocenters. The predicted octanol–water partition coefficient (Wildman–Crippen LogP) is 16.5. The minimum absolute atomic E-state index is 0.00705. The lowest BCUT2D eigenvalue weighted by Crippen LogP contribution is -2.55. The van der Waals surface area contributed by atoms with Crippen LogP contribution < -0.4 is 21.1 Å². The maximum absolute atomic E-state index is 4.25. The summed E-state index contributed by atoms with van der Waals surface area (Å²) in [6.45, 7) is 36.1. The normalized spacial score (nSPS) is 20.1. The van der Waals surface area contributed by atoms with Crippen molar-refractivity contribution in [2.75, 3.05) is 4.90 Å². The van der Waals surface area contributed by atoms with E-state index in [4.69, 9.17) is 0 Å². The second kappa shape index (κ2) is 17.5. The molecule has 0 saturated heterocycles. The van der Waals surface area contributed by atoms with Gasteiger partial charge in [-0.15, -0.1) is 0 Å². The third-order valence-corrected chi connectivity index (χ3v) is 16.6. The van der Waals surface area contributed by atoms with Crippen LogP contribution in [0.3, 0.4) is 0 Å². The molecule has 0 amide bonds. The molecular formula is C63H83BN2. The van der Waals surface area contributed by atoms with Crippen molar-refractivity contribution in [2.45, 2.75) is 183 Å². The highest BCUT2D eigenvalue weighted by molar-refractivity contribution is 6.94. The number of benzene rings is 4. The molecule has 66 heavy (non-hydrogen) atoms. The van der Waals surface area contributed by atoms with Gasteiger partial charge in [0.05, 0.1) is 5.69 Å². The van der Waals surface area contributed by atoms with E-state index in [0.29, 0.717) is 5.92 Å². The average Bonchev–Trinajstić information content (AvgIpc) is 3.31. The lowest BCUT2D eigenvalue weighted by molar-refractivity contribution is 0.138. The SMILES string of the molecule is C/C=C/[C@](C)(CCC(C)CCC)c1cc2c3c(c1)N(c1ccc(C(C)(C)C)cc1-c1ccccc1)c1ccc(C(C)(C)C)cc1B3C1=CNC(C)(C)C3(CCCCC3)/C2=C/C(C(C)(C)C)=C1. The van der Waals surface area contributed by atoms with Crippen LogP contribution in [0, 0.1) is 16.7 Å². The Morgan fingerprint density at radius 2 is 1.33 bits per heavy atom. The number of allylic oxidation sites excluding steroid dienone is 6. The zero-order valence-corrected chi connectivity index (χ0v) is 43.9. The molecule has 1 fully saturated rings. The van der Waals surface area contributed by atoms with Crippen LogP contribution in [0.15, 0.2) is 120 Å². The average molecular weight is 879 g/mol. The molecule has 5 aliphatic rings. The van der Waals surface area contributed by atoms with E-state index in [1.54, 1.807) is 5.57 Å². The number of hydrogen-bond acceptors (Lipinski definition) is 2. The van der Waals surface area contributed by atoms with Crippen molar-refractivity contribution in [3.05, 3.63) is 143 Å². The Balaban J connectivity index is 1.58. The number of rotatable bonds is 9. The first-order valence-electron chi connectivity index (χ1n) is 25.9. The molecule has 1 unspecified atom stereocenters. The van der Waals surface area contributed by atoms with Gasteiger partial charge >= 0.3 is 0 Å². The van der Waals surface area contributed by atoms with Crippen LogP contribution in [0.25, 0.3) is 16.7 Å². The molecule has 0 aromatic heterocycles. The van der Waals surface area contributed by atoms with Gasteiger partial charge in [-0.25, -0.2) is 0 Å². The molecule has 1 aliphatic carbocycles. The van der Waals surface area contributed by atoms with E-state index in [1.165, 1.54) is 124 Å². The van der Waals surface area contributed by atoms with Crippen LogP contribution in [-0.2, 0) is 16.2 Å².